The summed E-state index contributed by atoms with van der Waals surface area (Å²) in [5, 5.41) is 19.7. The number of hydrogen-bond donors (Lipinski definition) is 3. The number of aliphatic hydroxyl groups excluding tert-OH is 1. The van der Waals surface area contributed by atoms with E-state index in [1.165, 1.54) is 0 Å². The number of carbonyl (C=O) groups excluding carboxylic acids is 1. The third-order valence-corrected chi connectivity index (χ3v) is 2.34. The molecule has 1 rings (SSSR count). The van der Waals surface area contributed by atoms with E-state index in [1.807, 2.05) is 0 Å². The Morgan fingerprint density at radius 2 is 2.31 bits per heavy atom. The Hall–Kier alpha value is -1.10. The van der Waals surface area contributed by atoms with Gasteiger partial charge in [-0.1, -0.05) is 0 Å². The number of Topliss-reactive ketones (excluding diaryl/α,β-unsaturated/α-hetero) is 1. The SMILES string of the molecule is O=C1CC[C@H](NC(=O)O)[C@H](CO)C1. The number of nitrogens with one attached hydrogen (secondary N) is 1. The van der Waals surface area contributed by atoms with Crippen molar-refractivity contribution in [1.29, 1.82) is 0 Å². The van der Waals surface area contributed by atoms with Crippen molar-refractivity contribution in [3.8, 4) is 0 Å². The van der Waals surface area contributed by atoms with Gasteiger partial charge in [0, 0.05) is 31.4 Å². The molecule has 2 atom stereocenters. The van der Waals surface area contributed by atoms with E-state index in [-0.39, 0.29) is 30.8 Å². The highest BCUT2D eigenvalue weighted by atomic mass is 16.4. The van der Waals surface area contributed by atoms with Crippen LogP contribution in [0.1, 0.15) is 19.3 Å². The van der Waals surface area contributed by atoms with Crippen molar-refractivity contribution in [2.45, 2.75) is 25.3 Å². The largest absolute Gasteiger partial charge is 0.465 e. The molecule has 5 nitrogen and oxygen atoms in total. The molecule has 0 aliphatic heterocycles. The molecule has 3 N–H and O–H groups in total. The molecule has 1 amide bonds. The molecular weight excluding hydrogens is 174 g/mol. The molecule has 74 valence electrons. The Kier molecular flexibility index (Phi) is 3.25. The minimum atomic E-state index is -1.10. The van der Waals surface area contributed by atoms with Gasteiger partial charge in [-0.3, -0.25) is 4.79 Å². The first-order valence-corrected chi connectivity index (χ1v) is 4.25. The first-order valence-electron chi connectivity index (χ1n) is 4.25. The summed E-state index contributed by atoms with van der Waals surface area (Å²) in [6, 6.07) is -0.278. The lowest BCUT2D eigenvalue weighted by Gasteiger charge is -2.28. The second-order valence-electron chi connectivity index (χ2n) is 3.28. The molecule has 0 radical (unpaired) electrons. The first kappa shape index (κ1) is 9.98. The van der Waals surface area contributed by atoms with Crippen LogP contribution in [0.15, 0.2) is 0 Å². The summed E-state index contributed by atoms with van der Waals surface area (Å²) in [7, 11) is 0. The minimum absolute atomic E-state index is 0.0995. The van der Waals surface area contributed by atoms with Gasteiger partial charge in [-0.05, 0) is 6.42 Å². The Morgan fingerprint density at radius 1 is 1.62 bits per heavy atom. The summed E-state index contributed by atoms with van der Waals surface area (Å²) in [6.07, 6.45) is 0.0806. The Balaban J connectivity index is 2.52. The molecule has 0 saturated heterocycles. The molecule has 0 aromatic rings. The summed E-state index contributed by atoms with van der Waals surface area (Å²) >= 11 is 0. The molecule has 0 unspecified atom stereocenters. The van der Waals surface area contributed by atoms with Gasteiger partial charge in [0.2, 0.25) is 0 Å². The number of amides is 1. The van der Waals surface area contributed by atoms with Gasteiger partial charge >= 0.3 is 6.09 Å². The molecule has 0 bridgehead atoms. The van der Waals surface area contributed by atoms with E-state index in [2.05, 4.69) is 5.32 Å². The van der Waals surface area contributed by atoms with E-state index in [9.17, 15) is 9.59 Å². The van der Waals surface area contributed by atoms with E-state index in [0.717, 1.165) is 0 Å². The molecule has 0 aromatic carbocycles. The fraction of sp³-hybridized carbons (Fsp3) is 0.750. The zero-order valence-corrected chi connectivity index (χ0v) is 7.19. The molecule has 0 spiro atoms. The summed E-state index contributed by atoms with van der Waals surface area (Å²) in [5.74, 6) is -0.153. The van der Waals surface area contributed by atoms with Crippen LogP contribution in [0, 0.1) is 5.92 Å². The van der Waals surface area contributed by atoms with E-state index in [0.29, 0.717) is 12.8 Å². The summed E-state index contributed by atoms with van der Waals surface area (Å²) < 4.78 is 0. The molecule has 0 aromatic heterocycles. The van der Waals surface area contributed by atoms with Gasteiger partial charge in [-0.15, -0.1) is 0 Å². The van der Waals surface area contributed by atoms with Gasteiger partial charge in [-0.25, -0.2) is 4.79 Å². The van der Waals surface area contributed by atoms with Crippen LogP contribution in [0.25, 0.3) is 0 Å². The smallest absolute Gasteiger partial charge is 0.404 e. The normalized spacial score (nSPS) is 28.5. The highest BCUT2D eigenvalue weighted by molar-refractivity contribution is 5.80. The number of rotatable bonds is 2. The quantitative estimate of drug-likeness (QED) is 0.567. The van der Waals surface area contributed by atoms with Crippen LogP contribution < -0.4 is 5.32 Å². The van der Waals surface area contributed by atoms with E-state index < -0.39 is 6.09 Å². The fourth-order valence-electron chi connectivity index (χ4n) is 1.63. The Labute approximate surface area is 75.7 Å². The summed E-state index contributed by atoms with van der Waals surface area (Å²) in [5.41, 5.74) is 0. The maximum atomic E-state index is 11.0. The number of carboxylic acid groups (broad SMARTS) is 1. The molecule has 1 aliphatic rings. The van der Waals surface area contributed by atoms with Gasteiger partial charge in [0.15, 0.2) is 0 Å². The molecule has 1 saturated carbocycles. The molecule has 13 heavy (non-hydrogen) atoms. The van der Waals surface area contributed by atoms with Crippen LogP contribution in [0.3, 0.4) is 0 Å². The van der Waals surface area contributed by atoms with Crippen LogP contribution in [0.2, 0.25) is 0 Å². The van der Waals surface area contributed by atoms with Crippen molar-refractivity contribution < 1.29 is 19.8 Å². The van der Waals surface area contributed by atoms with E-state index >= 15 is 0 Å². The van der Waals surface area contributed by atoms with Gasteiger partial charge in [-0.2, -0.15) is 0 Å². The molecule has 1 aliphatic carbocycles. The monoisotopic (exact) mass is 187 g/mol. The Morgan fingerprint density at radius 3 is 2.85 bits per heavy atom. The van der Waals surface area contributed by atoms with E-state index in [1.54, 1.807) is 0 Å². The van der Waals surface area contributed by atoms with Crippen molar-refractivity contribution in [3.05, 3.63) is 0 Å². The Bertz CT molecular complexity index is 216. The molecule has 0 heterocycles. The lowest BCUT2D eigenvalue weighted by Crippen LogP contribution is -2.44. The topological polar surface area (TPSA) is 86.6 Å². The van der Waals surface area contributed by atoms with Crippen LogP contribution in [0.4, 0.5) is 4.79 Å². The maximum absolute atomic E-state index is 11.0. The van der Waals surface area contributed by atoms with Crippen LogP contribution in [-0.4, -0.2) is 34.7 Å². The molecule has 1 fully saturated rings. The average Bonchev–Trinajstić information content (AvgIpc) is 2.07. The number of aliphatic hydroxyl groups is 1. The lowest BCUT2D eigenvalue weighted by atomic mass is 9.84. The van der Waals surface area contributed by atoms with Crippen LogP contribution >= 0.6 is 0 Å². The summed E-state index contributed by atoms with van der Waals surface area (Å²) in [4.78, 5) is 21.3. The standard InChI is InChI=1S/C8H13NO4/c10-4-5-3-6(11)1-2-7(5)9-8(12)13/h5,7,9-10H,1-4H2,(H,12,13)/t5-,7-/m0/s1. The third kappa shape index (κ3) is 2.69. The second-order valence-corrected chi connectivity index (χ2v) is 3.28. The van der Waals surface area contributed by atoms with Crippen LogP contribution in [-0.2, 0) is 4.79 Å². The second kappa shape index (κ2) is 4.23. The minimum Gasteiger partial charge on any atom is -0.465 e. The number of carbonyl (C=O) groups is 2. The predicted molar refractivity (Wildman–Crippen MR) is 44.4 cm³/mol. The number of hydrogen-bond acceptors (Lipinski definition) is 3. The zero-order valence-electron chi connectivity index (χ0n) is 7.19. The number of ketones is 1. The van der Waals surface area contributed by atoms with Gasteiger partial charge in [0.1, 0.15) is 5.78 Å². The highest BCUT2D eigenvalue weighted by Crippen LogP contribution is 2.21. The van der Waals surface area contributed by atoms with Crippen molar-refractivity contribution in [2.24, 2.45) is 5.92 Å². The predicted octanol–water partition coefficient (Wildman–Crippen LogP) is -0.0159. The third-order valence-electron chi connectivity index (χ3n) is 2.34. The highest BCUT2D eigenvalue weighted by Gasteiger charge is 2.29. The van der Waals surface area contributed by atoms with Crippen molar-refractivity contribution in [2.75, 3.05) is 6.61 Å². The average molecular weight is 187 g/mol. The van der Waals surface area contributed by atoms with Gasteiger partial charge < -0.3 is 15.5 Å². The van der Waals surface area contributed by atoms with Crippen molar-refractivity contribution in [3.63, 3.8) is 0 Å². The van der Waals surface area contributed by atoms with E-state index in [4.69, 9.17) is 10.2 Å². The molecule has 5 heteroatoms. The van der Waals surface area contributed by atoms with Crippen LogP contribution in [0.5, 0.6) is 0 Å². The van der Waals surface area contributed by atoms with Crippen molar-refractivity contribution >= 4 is 11.9 Å². The summed E-state index contributed by atoms with van der Waals surface area (Å²) in [6.45, 7) is -0.142. The fourth-order valence-corrected chi connectivity index (χ4v) is 1.63. The first-order chi connectivity index (χ1) is 6.13. The lowest BCUT2D eigenvalue weighted by molar-refractivity contribution is -0.122. The van der Waals surface area contributed by atoms with Gasteiger partial charge in [0.25, 0.3) is 0 Å². The van der Waals surface area contributed by atoms with Gasteiger partial charge in [0.05, 0.1) is 0 Å². The van der Waals surface area contributed by atoms with Crippen molar-refractivity contribution in [1.82, 2.24) is 5.32 Å². The zero-order chi connectivity index (χ0) is 9.84. The maximum Gasteiger partial charge on any atom is 0.404 e. The molecular formula is C8H13NO4.